The zero-order chi connectivity index (χ0) is 17.1. The predicted octanol–water partition coefficient (Wildman–Crippen LogP) is 3.21. The van der Waals surface area contributed by atoms with Gasteiger partial charge in [-0.2, -0.15) is 5.10 Å². The minimum atomic E-state index is -0.896. The van der Waals surface area contributed by atoms with Gasteiger partial charge in [0.25, 0.3) is 0 Å². The number of aromatic nitrogens is 2. The van der Waals surface area contributed by atoms with Gasteiger partial charge in [0.2, 0.25) is 0 Å². The Hall–Kier alpha value is -3.19. The lowest BCUT2D eigenvalue weighted by Gasteiger charge is -2.03. The van der Waals surface area contributed by atoms with Gasteiger partial charge in [0.1, 0.15) is 12.5 Å². The summed E-state index contributed by atoms with van der Waals surface area (Å²) < 4.78 is 14.4. The van der Waals surface area contributed by atoms with Crippen LogP contribution in [0.4, 0.5) is 4.39 Å². The average molecular weight is 325 g/mol. The summed E-state index contributed by atoms with van der Waals surface area (Å²) in [7, 11) is 0. The second-order valence-corrected chi connectivity index (χ2v) is 5.00. The van der Waals surface area contributed by atoms with E-state index in [2.05, 4.69) is 10.3 Å². The number of halogens is 1. The normalized spacial score (nSPS) is 10.6. The molecule has 6 nitrogen and oxygen atoms in total. The molecule has 0 aliphatic rings. The van der Waals surface area contributed by atoms with E-state index in [1.807, 2.05) is 0 Å². The number of benzene rings is 2. The lowest BCUT2D eigenvalue weighted by molar-refractivity contribution is 0.100. The van der Waals surface area contributed by atoms with Crippen LogP contribution in [0.3, 0.4) is 0 Å². The molecule has 0 atom stereocenters. The highest BCUT2D eigenvalue weighted by atomic mass is 19.1. The molecular formula is C17H12FN3O3. The lowest BCUT2D eigenvalue weighted by atomic mass is 10.0. The molecular weight excluding hydrogens is 313 g/mol. The van der Waals surface area contributed by atoms with E-state index < -0.39 is 12.6 Å². The van der Waals surface area contributed by atoms with Crippen LogP contribution in [0.25, 0.3) is 22.5 Å². The van der Waals surface area contributed by atoms with Gasteiger partial charge in [-0.3, -0.25) is 4.79 Å². The van der Waals surface area contributed by atoms with Gasteiger partial charge in [0, 0.05) is 16.3 Å². The molecule has 0 radical (unpaired) electrons. The molecule has 3 rings (SSSR count). The van der Waals surface area contributed by atoms with E-state index >= 15 is 0 Å². The van der Waals surface area contributed by atoms with Gasteiger partial charge in [-0.15, -0.1) is 4.91 Å². The minimum absolute atomic E-state index is 0.126. The highest BCUT2D eigenvalue weighted by molar-refractivity contribution is 6.01. The van der Waals surface area contributed by atoms with Crippen LogP contribution in [0.2, 0.25) is 0 Å². The third-order valence-corrected chi connectivity index (χ3v) is 3.57. The van der Waals surface area contributed by atoms with Crippen molar-refractivity contribution in [1.29, 1.82) is 0 Å². The van der Waals surface area contributed by atoms with E-state index in [-0.39, 0.29) is 11.4 Å². The third kappa shape index (κ3) is 2.84. The first-order valence-electron chi connectivity index (χ1n) is 7.06. The number of hydrogen-bond donors (Lipinski definition) is 1. The monoisotopic (exact) mass is 325 g/mol. The zero-order valence-corrected chi connectivity index (χ0v) is 12.4. The number of carbonyl (C=O) groups excluding carboxylic acids is 1. The van der Waals surface area contributed by atoms with Crippen LogP contribution in [0.1, 0.15) is 10.4 Å². The molecule has 0 saturated heterocycles. The summed E-state index contributed by atoms with van der Waals surface area (Å²) in [4.78, 5) is 22.2. The SMILES string of the molecule is O=NC(=O)c1ccccc1-c1cc(-c2ccc(F)cc2)n(CO)n1. The summed E-state index contributed by atoms with van der Waals surface area (Å²) in [5.41, 5.74) is 2.16. The summed E-state index contributed by atoms with van der Waals surface area (Å²) >= 11 is 0. The maximum atomic E-state index is 13.1. The Morgan fingerprint density at radius 2 is 1.88 bits per heavy atom. The molecule has 0 fully saturated rings. The van der Waals surface area contributed by atoms with E-state index in [0.29, 0.717) is 22.5 Å². The summed E-state index contributed by atoms with van der Waals surface area (Å²) in [5.74, 6) is -1.27. The Labute approximate surface area is 136 Å². The molecule has 0 saturated carbocycles. The van der Waals surface area contributed by atoms with Crippen LogP contribution in [0.15, 0.2) is 59.8 Å². The van der Waals surface area contributed by atoms with E-state index in [9.17, 15) is 19.2 Å². The first-order valence-corrected chi connectivity index (χ1v) is 7.06. The first-order chi connectivity index (χ1) is 11.6. The molecule has 1 N–H and O–H groups in total. The fraction of sp³-hybridized carbons (Fsp3) is 0.0588. The number of nitrogens with zero attached hydrogens (tertiary/aromatic N) is 3. The van der Waals surface area contributed by atoms with Crippen molar-refractivity contribution in [1.82, 2.24) is 9.78 Å². The Morgan fingerprint density at radius 1 is 1.17 bits per heavy atom. The smallest absolute Gasteiger partial charge is 0.317 e. The molecule has 0 bridgehead atoms. The summed E-state index contributed by atoms with van der Waals surface area (Å²) in [6, 6.07) is 13.8. The molecule has 0 aliphatic heterocycles. The maximum absolute atomic E-state index is 13.1. The predicted molar refractivity (Wildman–Crippen MR) is 85.4 cm³/mol. The topological polar surface area (TPSA) is 84.5 Å². The highest BCUT2D eigenvalue weighted by Gasteiger charge is 2.17. The van der Waals surface area contributed by atoms with Gasteiger partial charge in [0.05, 0.1) is 17.0 Å². The third-order valence-electron chi connectivity index (χ3n) is 3.57. The molecule has 0 aliphatic carbocycles. The number of carbonyl (C=O) groups is 1. The second-order valence-electron chi connectivity index (χ2n) is 5.00. The van der Waals surface area contributed by atoms with Crippen molar-refractivity contribution in [3.63, 3.8) is 0 Å². The van der Waals surface area contributed by atoms with Gasteiger partial charge >= 0.3 is 5.91 Å². The fourth-order valence-electron chi connectivity index (χ4n) is 2.45. The Balaban J connectivity index is 2.13. The minimum Gasteiger partial charge on any atom is -0.374 e. The Bertz CT molecular complexity index is 904. The highest BCUT2D eigenvalue weighted by Crippen LogP contribution is 2.28. The quantitative estimate of drug-likeness (QED) is 0.746. The molecule has 1 amide bonds. The van der Waals surface area contributed by atoms with Crippen molar-refractivity contribution in [3.8, 4) is 22.5 Å². The van der Waals surface area contributed by atoms with E-state index in [0.717, 1.165) is 0 Å². The van der Waals surface area contributed by atoms with Crippen molar-refractivity contribution in [2.45, 2.75) is 6.73 Å². The molecule has 2 aromatic carbocycles. The summed E-state index contributed by atoms with van der Waals surface area (Å²) in [6.07, 6.45) is 0. The van der Waals surface area contributed by atoms with E-state index in [4.69, 9.17) is 0 Å². The standard InChI is InChI=1S/C17H12FN3O3/c18-12-7-5-11(6-8-12)16-9-15(19-21(16)10-22)13-3-1-2-4-14(13)17(23)20-24/h1-9,22H,10H2. The Kier molecular flexibility index (Phi) is 4.26. The van der Waals surface area contributed by atoms with Crippen LogP contribution >= 0.6 is 0 Å². The molecule has 1 heterocycles. The van der Waals surface area contributed by atoms with Crippen LogP contribution in [0.5, 0.6) is 0 Å². The van der Waals surface area contributed by atoms with Crippen molar-refractivity contribution < 1.29 is 14.3 Å². The first kappa shape index (κ1) is 15.7. The van der Waals surface area contributed by atoms with Crippen LogP contribution < -0.4 is 0 Å². The van der Waals surface area contributed by atoms with Gasteiger partial charge < -0.3 is 5.11 Å². The van der Waals surface area contributed by atoms with Gasteiger partial charge in [0.15, 0.2) is 0 Å². The largest absolute Gasteiger partial charge is 0.374 e. The van der Waals surface area contributed by atoms with Gasteiger partial charge in [-0.25, -0.2) is 9.07 Å². The number of aliphatic hydroxyl groups is 1. The molecule has 3 aromatic rings. The zero-order valence-electron chi connectivity index (χ0n) is 12.4. The lowest BCUT2D eigenvalue weighted by Crippen LogP contribution is -2.02. The second kappa shape index (κ2) is 6.51. The molecule has 120 valence electrons. The van der Waals surface area contributed by atoms with Crippen LogP contribution in [-0.4, -0.2) is 20.8 Å². The fourth-order valence-corrected chi connectivity index (χ4v) is 2.45. The number of rotatable bonds is 4. The Morgan fingerprint density at radius 3 is 2.54 bits per heavy atom. The number of amides is 1. The maximum Gasteiger partial charge on any atom is 0.317 e. The van der Waals surface area contributed by atoms with Crippen LogP contribution in [-0.2, 0) is 6.73 Å². The van der Waals surface area contributed by atoms with Crippen molar-refractivity contribution in [2.75, 3.05) is 0 Å². The van der Waals surface area contributed by atoms with Crippen molar-refractivity contribution >= 4 is 5.91 Å². The molecule has 24 heavy (non-hydrogen) atoms. The molecule has 1 aromatic heterocycles. The number of aliphatic hydroxyl groups excluding tert-OH is 1. The van der Waals surface area contributed by atoms with Gasteiger partial charge in [-0.05, 0) is 36.4 Å². The summed E-state index contributed by atoms with van der Waals surface area (Å²) in [6.45, 7) is -0.394. The number of nitroso groups, excluding NO2 is 1. The van der Waals surface area contributed by atoms with Crippen molar-refractivity contribution in [2.24, 2.45) is 5.18 Å². The van der Waals surface area contributed by atoms with Crippen molar-refractivity contribution in [3.05, 3.63) is 70.9 Å². The number of hydrogen-bond acceptors (Lipinski definition) is 4. The molecule has 7 heteroatoms. The molecule has 0 spiro atoms. The summed E-state index contributed by atoms with van der Waals surface area (Å²) in [5, 5.41) is 16.2. The van der Waals surface area contributed by atoms with Gasteiger partial charge in [-0.1, -0.05) is 18.2 Å². The molecule has 0 unspecified atom stereocenters. The van der Waals surface area contributed by atoms with E-state index in [1.54, 1.807) is 36.4 Å². The van der Waals surface area contributed by atoms with Crippen LogP contribution in [0, 0.1) is 10.7 Å². The van der Waals surface area contributed by atoms with E-state index in [1.165, 1.54) is 22.9 Å². The average Bonchev–Trinajstić information content (AvgIpc) is 3.06.